The van der Waals surface area contributed by atoms with Crippen LogP contribution in [0.15, 0.2) is 72.8 Å². The molecular weight excluding hydrogens is 338 g/mol. The van der Waals surface area contributed by atoms with Crippen molar-refractivity contribution in [1.82, 2.24) is 0 Å². The second-order valence-electron chi connectivity index (χ2n) is 6.29. The molecule has 0 unspecified atom stereocenters. The summed E-state index contributed by atoms with van der Waals surface area (Å²) in [6.45, 7) is 3.98. The van der Waals surface area contributed by atoms with E-state index in [9.17, 15) is 4.79 Å². The van der Waals surface area contributed by atoms with Crippen LogP contribution in [-0.4, -0.2) is 12.1 Å². The van der Waals surface area contributed by atoms with Gasteiger partial charge in [-0.25, -0.2) is 4.79 Å². The van der Waals surface area contributed by atoms with E-state index < -0.39 is 5.97 Å². The third kappa shape index (κ3) is 4.74. The van der Waals surface area contributed by atoms with E-state index in [0.29, 0.717) is 16.9 Å². The summed E-state index contributed by atoms with van der Waals surface area (Å²) in [5.74, 6) is 0.798. The van der Waals surface area contributed by atoms with E-state index in [4.69, 9.17) is 14.7 Å². The summed E-state index contributed by atoms with van der Waals surface area (Å²) in [6, 6.07) is 23.5. The molecule has 4 nitrogen and oxygen atoms in total. The van der Waals surface area contributed by atoms with Gasteiger partial charge in [-0.1, -0.05) is 24.3 Å². The van der Waals surface area contributed by atoms with Crippen LogP contribution in [0.1, 0.15) is 29.8 Å². The molecule has 0 saturated carbocycles. The number of nitriles is 1. The Morgan fingerprint density at radius 2 is 1.33 bits per heavy atom. The first-order valence-electron chi connectivity index (χ1n) is 8.64. The van der Waals surface area contributed by atoms with Crippen molar-refractivity contribution in [3.63, 3.8) is 0 Å². The standard InChI is InChI=1S/C23H19NO3/c1-16(2)26-21-13-9-19(10-14-21)18-5-7-20(8-6-18)23(25)27-22-11-3-17(15-24)4-12-22/h3-14,16H,1-2H3. The van der Waals surface area contributed by atoms with Gasteiger partial charge < -0.3 is 9.47 Å². The summed E-state index contributed by atoms with van der Waals surface area (Å²) >= 11 is 0. The number of ether oxygens (including phenoxy) is 2. The molecule has 0 aliphatic carbocycles. The zero-order valence-corrected chi connectivity index (χ0v) is 15.2. The molecule has 0 aliphatic rings. The van der Waals surface area contributed by atoms with Crippen LogP contribution in [0.25, 0.3) is 11.1 Å². The molecule has 0 fully saturated rings. The molecule has 27 heavy (non-hydrogen) atoms. The SMILES string of the molecule is CC(C)Oc1ccc(-c2ccc(C(=O)Oc3ccc(C#N)cc3)cc2)cc1. The first kappa shape index (κ1) is 18.2. The quantitative estimate of drug-likeness (QED) is 0.463. The van der Waals surface area contributed by atoms with Crippen LogP contribution in [0.5, 0.6) is 11.5 Å². The lowest BCUT2D eigenvalue weighted by Gasteiger charge is -2.10. The third-order valence-electron chi connectivity index (χ3n) is 3.87. The molecule has 0 radical (unpaired) electrons. The molecule has 0 N–H and O–H groups in total. The van der Waals surface area contributed by atoms with E-state index in [2.05, 4.69) is 0 Å². The zero-order valence-electron chi connectivity index (χ0n) is 15.2. The van der Waals surface area contributed by atoms with Gasteiger partial charge in [0, 0.05) is 0 Å². The summed E-state index contributed by atoms with van der Waals surface area (Å²) in [5.41, 5.74) is 3.02. The second kappa shape index (κ2) is 8.20. The normalized spacial score (nSPS) is 10.3. The molecule has 0 heterocycles. The van der Waals surface area contributed by atoms with E-state index >= 15 is 0 Å². The molecule has 3 aromatic rings. The zero-order chi connectivity index (χ0) is 19.2. The fourth-order valence-electron chi connectivity index (χ4n) is 2.56. The van der Waals surface area contributed by atoms with E-state index in [1.807, 2.05) is 56.3 Å². The van der Waals surface area contributed by atoms with E-state index in [1.165, 1.54) is 0 Å². The predicted octanol–water partition coefficient (Wildman–Crippen LogP) is 5.23. The number of hydrogen-bond donors (Lipinski definition) is 0. The topological polar surface area (TPSA) is 59.3 Å². The highest BCUT2D eigenvalue weighted by molar-refractivity contribution is 5.91. The third-order valence-corrected chi connectivity index (χ3v) is 3.87. The van der Waals surface area contributed by atoms with E-state index in [-0.39, 0.29) is 6.10 Å². The molecule has 0 bridgehead atoms. The molecule has 3 rings (SSSR count). The lowest BCUT2D eigenvalue weighted by atomic mass is 10.0. The number of nitrogens with zero attached hydrogens (tertiary/aromatic N) is 1. The van der Waals surface area contributed by atoms with Gasteiger partial charge in [0.1, 0.15) is 11.5 Å². The molecule has 0 atom stereocenters. The molecule has 3 aromatic carbocycles. The van der Waals surface area contributed by atoms with Gasteiger partial charge in [-0.15, -0.1) is 0 Å². The van der Waals surface area contributed by atoms with Crippen LogP contribution in [0.2, 0.25) is 0 Å². The Morgan fingerprint density at radius 3 is 1.85 bits per heavy atom. The highest BCUT2D eigenvalue weighted by atomic mass is 16.5. The Kier molecular flexibility index (Phi) is 5.53. The Balaban J connectivity index is 1.68. The van der Waals surface area contributed by atoms with Crippen molar-refractivity contribution < 1.29 is 14.3 Å². The lowest BCUT2D eigenvalue weighted by Crippen LogP contribution is -2.08. The number of benzene rings is 3. The Labute approximate surface area is 158 Å². The number of carbonyl (C=O) groups is 1. The molecule has 0 saturated heterocycles. The Morgan fingerprint density at radius 1 is 0.815 bits per heavy atom. The van der Waals surface area contributed by atoms with Gasteiger partial charge in [0.05, 0.1) is 23.3 Å². The monoisotopic (exact) mass is 357 g/mol. The molecule has 0 amide bonds. The van der Waals surface area contributed by atoms with Gasteiger partial charge in [0.25, 0.3) is 0 Å². The summed E-state index contributed by atoms with van der Waals surface area (Å²) in [7, 11) is 0. The number of carbonyl (C=O) groups excluding carboxylic acids is 1. The van der Waals surface area contributed by atoms with Crippen LogP contribution < -0.4 is 9.47 Å². The Bertz CT molecular complexity index is 951. The smallest absolute Gasteiger partial charge is 0.343 e. The molecule has 4 heteroatoms. The highest BCUT2D eigenvalue weighted by Crippen LogP contribution is 2.24. The van der Waals surface area contributed by atoms with Gasteiger partial charge >= 0.3 is 5.97 Å². The minimum absolute atomic E-state index is 0.136. The largest absolute Gasteiger partial charge is 0.491 e. The maximum absolute atomic E-state index is 12.3. The highest BCUT2D eigenvalue weighted by Gasteiger charge is 2.09. The van der Waals surface area contributed by atoms with Crippen LogP contribution in [0, 0.1) is 11.3 Å². The maximum atomic E-state index is 12.3. The minimum Gasteiger partial charge on any atom is -0.491 e. The lowest BCUT2D eigenvalue weighted by molar-refractivity contribution is 0.0735. The first-order chi connectivity index (χ1) is 13.0. The summed E-state index contributed by atoms with van der Waals surface area (Å²) in [4.78, 5) is 12.3. The molecule has 0 aromatic heterocycles. The van der Waals surface area contributed by atoms with E-state index in [1.54, 1.807) is 36.4 Å². The van der Waals surface area contributed by atoms with Crippen molar-refractivity contribution >= 4 is 5.97 Å². The van der Waals surface area contributed by atoms with Gasteiger partial charge in [-0.2, -0.15) is 5.26 Å². The van der Waals surface area contributed by atoms with Gasteiger partial charge in [0.15, 0.2) is 0 Å². The van der Waals surface area contributed by atoms with Crippen molar-refractivity contribution in [3.8, 4) is 28.7 Å². The predicted molar refractivity (Wildman–Crippen MR) is 104 cm³/mol. The fraction of sp³-hybridized carbons (Fsp3) is 0.130. The maximum Gasteiger partial charge on any atom is 0.343 e. The Hall–Kier alpha value is -3.58. The number of hydrogen-bond acceptors (Lipinski definition) is 4. The average molecular weight is 357 g/mol. The fourth-order valence-corrected chi connectivity index (χ4v) is 2.56. The molecular formula is C23H19NO3. The summed E-state index contributed by atoms with van der Waals surface area (Å²) in [6.07, 6.45) is 0.136. The van der Waals surface area contributed by atoms with Crippen molar-refractivity contribution in [2.75, 3.05) is 0 Å². The number of esters is 1. The minimum atomic E-state index is -0.438. The summed E-state index contributed by atoms with van der Waals surface area (Å²) < 4.78 is 11.0. The average Bonchev–Trinajstić information content (AvgIpc) is 2.69. The van der Waals surface area contributed by atoms with Gasteiger partial charge in [0.2, 0.25) is 0 Å². The van der Waals surface area contributed by atoms with Crippen LogP contribution >= 0.6 is 0 Å². The number of rotatable bonds is 5. The van der Waals surface area contributed by atoms with Crippen molar-refractivity contribution in [3.05, 3.63) is 83.9 Å². The van der Waals surface area contributed by atoms with Crippen molar-refractivity contribution in [2.45, 2.75) is 20.0 Å². The van der Waals surface area contributed by atoms with Crippen LogP contribution in [0.4, 0.5) is 0 Å². The first-order valence-corrected chi connectivity index (χ1v) is 8.64. The van der Waals surface area contributed by atoms with Crippen LogP contribution in [0.3, 0.4) is 0 Å². The van der Waals surface area contributed by atoms with Gasteiger partial charge in [-0.05, 0) is 73.5 Å². The summed E-state index contributed by atoms with van der Waals surface area (Å²) in [5, 5.41) is 8.80. The van der Waals surface area contributed by atoms with E-state index in [0.717, 1.165) is 16.9 Å². The molecule has 0 aliphatic heterocycles. The molecule has 0 spiro atoms. The second-order valence-corrected chi connectivity index (χ2v) is 6.29. The van der Waals surface area contributed by atoms with Crippen molar-refractivity contribution in [1.29, 1.82) is 5.26 Å². The van der Waals surface area contributed by atoms with Crippen molar-refractivity contribution in [2.24, 2.45) is 0 Å². The van der Waals surface area contributed by atoms with Gasteiger partial charge in [-0.3, -0.25) is 0 Å². The molecule has 134 valence electrons. The van der Waals surface area contributed by atoms with Crippen LogP contribution in [-0.2, 0) is 0 Å².